The average molecular weight is 292 g/mol. The smallest absolute Gasteiger partial charge is 0.353 e. The van der Waals surface area contributed by atoms with Crippen LogP contribution in [0.15, 0.2) is 0 Å². The summed E-state index contributed by atoms with van der Waals surface area (Å²) in [5.74, 6) is -1.75. The zero-order valence-electron chi connectivity index (χ0n) is 11.6. The molecule has 0 aliphatic heterocycles. The van der Waals surface area contributed by atoms with Crippen molar-refractivity contribution in [3.8, 4) is 0 Å². The Morgan fingerprint density at radius 3 is 2.20 bits per heavy atom. The van der Waals surface area contributed by atoms with E-state index < -0.39 is 18.1 Å². The molecule has 20 heavy (non-hydrogen) atoms. The molecular formula is C14H23F3N2O. The van der Waals surface area contributed by atoms with Crippen LogP contribution in [0.2, 0.25) is 0 Å². The third kappa shape index (κ3) is 3.87. The average Bonchev–Trinajstić information content (AvgIpc) is 2.38. The highest BCUT2D eigenvalue weighted by molar-refractivity contribution is 5.79. The van der Waals surface area contributed by atoms with Gasteiger partial charge < -0.3 is 11.1 Å². The van der Waals surface area contributed by atoms with Crippen LogP contribution in [-0.2, 0) is 4.79 Å². The van der Waals surface area contributed by atoms with E-state index >= 15 is 0 Å². The molecule has 116 valence electrons. The summed E-state index contributed by atoms with van der Waals surface area (Å²) in [6, 6.07) is -0.608. The molecule has 0 aromatic heterocycles. The first kappa shape index (κ1) is 15.6. The molecule has 2 saturated carbocycles. The molecule has 3 N–H and O–H groups in total. The maximum absolute atomic E-state index is 13.0. The van der Waals surface area contributed by atoms with Crippen molar-refractivity contribution in [1.29, 1.82) is 0 Å². The summed E-state index contributed by atoms with van der Waals surface area (Å²) in [5, 5.41) is 2.66. The summed E-state index contributed by atoms with van der Waals surface area (Å²) in [6.07, 6.45) is 0.644. The molecule has 0 radical (unpaired) electrons. The number of nitrogens with two attached hydrogens (primary N) is 1. The first-order valence-corrected chi connectivity index (χ1v) is 7.50. The fraction of sp³-hybridized carbons (Fsp3) is 0.929. The van der Waals surface area contributed by atoms with Gasteiger partial charge in [-0.05, 0) is 38.5 Å². The van der Waals surface area contributed by atoms with E-state index in [1.54, 1.807) is 0 Å². The minimum Gasteiger partial charge on any atom is -0.353 e. The Hall–Kier alpha value is -0.780. The molecule has 2 atom stereocenters. The molecule has 2 fully saturated rings. The van der Waals surface area contributed by atoms with Gasteiger partial charge in [-0.2, -0.15) is 13.2 Å². The van der Waals surface area contributed by atoms with Gasteiger partial charge in [0.05, 0.1) is 5.92 Å². The SMILES string of the molecule is NC1CCC(C(=O)NC2CCCCC2C(F)(F)F)CC1. The van der Waals surface area contributed by atoms with E-state index in [0.29, 0.717) is 25.7 Å². The standard InChI is InChI=1S/C14H23F3N2O/c15-14(16,17)11-3-1-2-4-12(11)19-13(20)9-5-7-10(18)8-6-9/h9-12H,1-8,18H2,(H,19,20). The zero-order chi connectivity index (χ0) is 14.8. The van der Waals surface area contributed by atoms with Gasteiger partial charge in [0.25, 0.3) is 0 Å². The van der Waals surface area contributed by atoms with E-state index in [4.69, 9.17) is 5.73 Å². The molecule has 2 aliphatic rings. The van der Waals surface area contributed by atoms with Crippen molar-refractivity contribution in [1.82, 2.24) is 5.32 Å². The van der Waals surface area contributed by atoms with E-state index in [0.717, 1.165) is 19.3 Å². The zero-order valence-corrected chi connectivity index (χ0v) is 11.6. The number of hydrogen-bond donors (Lipinski definition) is 2. The van der Waals surface area contributed by atoms with Gasteiger partial charge in [-0.25, -0.2) is 0 Å². The largest absolute Gasteiger partial charge is 0.393 e. The summed E-state index contributed by atoms with van der Waals surface area (Å²) in [6.45, 7) is 0. The van der Waals surface area contributed by atoms with Crippen LogP contribution in [0.3, 0.4) is 0 Å². The van der Waals surface area contributed by atoms with E-state index in [1.165, 1.54) is 0 Å². The van der Waals surface area contributed by atoms with E-state index in [1.807, 2.05) is 0 Å². The molecule has 0 heterocycles. The minimum atomic E-state index is -4.21. The lowest BCUT2D eigenvalue weighted by Crippen LogP contribution is -2.49. The predicted molar refractivity (Wildman–Crippen MR) is 69.9 cm³/mol. The predicted octanol–water partition coefficient (Wildman–Crippen LogP) is 2.74. The van der Waals surface area contributed by atoms with Crippen LogP contribution in [-0.4, -0.2) is 24.2 Å². The quantitative estimate of drug-likeness (QED) is 0.822. The molecule has 3 nitrogen and oxygen atoms in total. The van der Waals surface area contributed by atoms with E-state index in [2.05, 4.69) is 5.32 Å². The van der Waals surface area contributed by atoms with Gasteiger partial charge in [0.1, 0.15) is 0 Å². The van der Waals surface area contributed by atoms with Crippen LogP contribution in [0, 0.1) is 11.8 Å². The van der Waals surface area contributed by atoms with Crippen LogP contribution < -0.4 is 11.1 Å². The maximum atomic E-state index is 13.0. The number of rotatable bonds is 2. The van der Waals surface area contributed by atoms with Crippen molar-refractivity contribution in [2.45, 2.75) is 69.6 Å². The number of amides is 1. The van der Waals surface area contributed by atoms with Crippen molar-refractivity contribution in [2.24, 2.45) is 17.6 Å². The second-order valence-corrected chi connectivity index (χ2v) is 6.16. The van der Waals surface area contributed by atoms with Crippen LogP contribution >= 0.6 is 0 Å². The van der Waals surface area contributed by atoms with Crippen molar-refractivity contribution in [3.63, 3.8) is 0 Å². The monoisotopic (exact) mass is 292 g/mol. The summed E-state index contributed by atoms with van der Waals surface area (Å²) in [4.78, 5) is 12.1. The first-order valence-electron chi connectivity index (χ1n) is 7.50. The fourth-order valence-corrected chi connectivity index (χ4v) is 3.38. The lowest BCUT2D eigenvalue weighted by Gasteiger charge is -2.35. The van der Waals surface area contributed by atoms with Crippen molar-refractivity contribution in [3.05, 3.63) is 0 Å². The van der Waals surface area contributed by atoms with Gasteiger partial charge in [-0.15, -0.1) is 0 Å². The molecule has 0 spiro atoms. The lowest BCUT2D eigenvalue weighted by molar-refractivity contribution is -0.189. The molecule has 2 unspecified atom stereocenters. The highest BCUT2D eigenvalue weighted by Crippen LogP contribution is 2.38. The summed E-state index contributed by atoms with van der Waals surface area (Å²) < 4.78 is 38.9. The summed E-state index contributed by atoms with van der Waals surface area (Å²) >= 11 is 0. The van der Waals surface area contributed by atoms with Gasteiger partial charge in [-0.3, -0.25) is 4.79 Å². The van der Waals surface area contributed by atoms with Gasteiger partial charge in [-0.1, -0.05) is 12.8 Å². The number of carbonyl (C=O) groups is 1. The van der Waals surface area contributed by atoms with Crippen LogP contribution in [0.5, 0.6) is 0 Å². The van der Waals surface area contributed by atoms with Crippen molar-refractivity contribution in [2.75, 3.05) is 0 Å². The molecule has 2 aliphatic carbocycles. The van der Waals surface area contributed by atoms with Gasteiger partial charge in [0.15, 0.2) is 0 Å². The van der Waals surface area contributed by atoms with Crippen molar-refractivity contribution < 1.29 is 18.0 Å². The normalized spacial score (nSPS) is 35.6. The van der Waals surface area contributed by atoms with Gasteiger partial charge in [0.2, 0.25) is 5.91 Å². The number of nitrogens with one attached hydrogen (secondary N) is 1. The molecule has 6 heteroatoms. The second kappa shape index (κ2) is 6.33. The molecule has 0 aromatic carbocycles. The van der Waals surface area contributed by atoms with Gasteiger partial charge in [0, 0.05) is 18.0 Å². The Morgan fingerprint density at radius 1 is 1.00 bits per heavy atom. The van der Waals surface area contributed by atoms with E-state index in [-0.39, 0.29) is 24.3 Å². The molecule has 0 bridgehead atoms. The summed E-state index contributed by atoms with van der Waals surface area (Å²) in [5.41, 5.74) is 5.78. The Labute approximate surface area is 117 Å². The maximum Gasteiger partial charge on any atom is 0.393 e. The van der Waals surface area contributed by atoms with E-state index in [9.17, 15) is 18.0 Å². The molecule has 2 rings (SSSR count). The topological polar surface area (TPSA) is 55.1 Å². The third-order valence-electron chi connectivity index (χ3n) is 4.66. The highest BCUT2D eigenvalue weighted by Gasteiger charge is 2.46. The van der Waals surface area contributed by atoms with Gasteiger partial charge >= 0.3 is 6.18 Å². The number of halogens is 3. The van der Waals surface area contributed by atoms with Crippen molar-refractivity contribution >= 4 is 5.91 Å². The molecular weight excluding hydrogens is 269 g/mol. The Morgan fingerprint density at radius 2 is 1.60 bits per heavy atom. The minimum absolute atomic E-state index is 0.129. The number of alkyl halides is 3. The summed E-state index contributed by atoms with van der Waals surface area (Å²) in [7, 11) is 0. The second-order valence-electron chi connectivity index (χ2n) is 6.16. The third-order valence-corrected chi connectivity index (χ3v) is 4.66. The Kier molecular flexibility index (Phi) is 4.94. The first-order chi connectivity index (χ1) is 9.38. The Balaban J connectivity index is 1.91. The highest BCUT2D eigenvalue weighted by atomic mass is 19.4. The van der Waals surface area contributed by atoms with Crippen LogP contribution in [0.1, 0.15) is 51.4 Å². The van der Waals surface area contributed by atoms with Crippen LogP contribution in [0.25, 0.3) is 0 Å². The molecule has 1 amide bonds. The fourth-order valence-electron chi connectivity index (χ4n) is 3.38. The lowest BCUT2D eigenvalue weighted by atomic mass is 9.82. The number of hydrogen-bond acceptors (Lipinski definition) is 2. The van der Waals surface area contributed by atoms with Crippen LogP contribution in [0.4, 0.5) is 13.2 Å². The Bertz CT molecular complexity index is 338. The number of carbonyl (C=O) groups excluding carboxylic acids is 1. The molecule has 0 saturated heterocycles. The molecule has 0 aromatic rings.